The second-order valence-electron chi connectivity index (χ2n) is 9.39. The van der Waals surface area contributed by atoms with Crippen LogP contribution in [0.5, 0.6) is 0 Å². The van der Waals surface area contributed by atoms with E-state index in [-0.39, 0.29) is 29.2 Å². The SMILES string of the molecule is Cc1ccc2onc(N3CCN(C[C@@H](C)N4CNC5SC6=COC=CC6C5C4=O)CC3)c2c1. The normalized spacial score (nSPS) is 28.5. The second-order valence-corrected chi connectivity index (χ2v) is 10.6. The van der Waals surface area contributed by atoms with Gasteiger partial charge in [-0.05, 0) is 32.1 Å². The predicted octanol–water partition coefficient (Wildman–Crippen LogP) is 2.73. The molecule has 3 saturated heterocycles. The van der Waals surface area contributed by atoms with Gasteiger partial charge in [0.1, 0.15) is 6.26 Å². The zero-order valence-corrected chi connectivity index (χ0v) is 19.8. The molecule has 9 heteroatoms. The van der Waals surface area contributed by atoms with Crippen LogP contribution in [-0.4, -0.2) is 71.7 Å². The summed E-state index contributed by atoms with van der Waals surface area (Å²) in [4.78, 5) is 21.4. The van der Waals surface area contributed by atoms with Gasteiger partial charge in [-0.3, -0.25) is 15.0 Å². The number of thioether (sulfide) groups is 1. The lowest BCUT2D eigenvalue weighted by Crippen LogP contribution is -2.60. The maximum atomic E-state index is 13.4. The van der Waals surface area contributed by atoms with Crippen molar-refractivity contribution in [3.8, 4) is 0 Å². The third kappa shape index (κ3) is 3.72. The molecule has 8 nitrogen and oxygen atoms in total. The zero-order valence-electron chi connectivity index (χ0n) is 18.9. The van der Waals surface area contributed by atoms with Crippen molar-refractivity contribution in [2.24, 2.45) is 11.8 Å². The van der Waals surface area contributed by atoms with Gasteiger partial charge in [0.05, 0.1) is 29.6 Å². The van der Waals surface area contributed by atoms with Crippen molar-refractivity contribution >= 4 is 34.5 Å². The molecule has 3 fully saturated rings. The van der Waals surface area contributed by atoms with Gasteiger partial charge in [-0.1, -0.05) is 16.8 Å². The fraction of sp³-hybridized carbons (Fsp3) is 0.500. The number of amides is 1. The molecule has 5 heterocycles. The molecule has 0 bridgehead atoms. The first-order chi connectivity index (χ1) is 16.1. The van der Waals surface area contributed by atoms with E-state index in [1.54, 1.807) is 24.3 Å². The van der Waals surface area contributed by atoms with Gasteiger partial charge in [-0.25, -0.2) is 0 Å². The lowest BCUT2D eigenvalue weighted by Gasteiger charge is -2.42. The second kappa shape index (κ2) is 8.38. The summed E-state index contributed by atoms with van der Waals surface area (Å²) in [7, 11) is 0. The maximum Gasteiger partial charge on any atom is 0.230 e. The minimum absolute atomic E-state index is 0.0571. The fourth-order valence-corrected chi connectivity index (χ4v) is 6.76. The van der Waals surface area contributed by atoms with E-state index in [2.05, 4.69) is 46.3 Å². The molecule has 4 aliphatic heterocycles. The smallest absolute Gasteiger partial charge is 0.230 e. The molecular weight excluding hydrogens is 438 g/mol. The number of allylic oxidation sites excluding steroid dienone is 2. The standard InChI is InChI=1S/C24H29N5O3S/c1-15-3-4-19-18(11-15)22(26-32-19)28-8-6-27(7-9-28)12-16(2)29-14-25-23-21(24(29)30)17-5-10-31-13-20(17)33-23/h3-5,10-11,13,16-17,21,23,25H,6-9,12,14H2,1-2H3/t16-,17?,21?,23?/m1/s1. The Morgan fingerprint density at radius 3 is 2.97 bits per heavy atom. The molecule has 0 aliphatic carbocycles. The summed E-state index contributed by atoms with van der Waals surface area (Å²) < 4.78 is 10.9. The molecule has 1 aromatic carbocycles. The summed E-state index contributed by atoms with van der Waals surface area (Å²) in [5.74, 6) is 1.27. The molecule has 174 valence electrons. The van der Waals surface area contributed by atoms with Crippen molar-refractivity contribution in [1.82, 2.24) is 20.3 Å². The Hall–Kier alpha value is -2.49. The van der Waals surface area contributed by atoms with Crippen LogP contribution in [0.3, 0.4) is 0 Å². The third-order valence-electron chi connectivity index (χ3n) is 7.22. The van der Waals surface area contributed by atoms with Crippen LogP contribution < -0.4 is 10.2 Å². The van der Waals surface area contributed by atoms with Crippen LogP contribution >= 0.6 is 11.8 Å². The molecule has 3 unspecified atom stereocenters. The first-order valence-corrected chi connectivity index (χ1v) is 12.5. The van der Waals surface area contributed by atoms with Gasteiger partial charge >= 0.3 is 0 Å². The molecule has 1 N–H and O–H groups in total. The topological polar surface area (TPSA) is 74.1 Å². The van der Waals surface area contributed by atoms with E-state index in [9.17, 15) is 4.79 Å². The lowest BCUT2D eigenvalue weighted by molar-refractivity contribution is -0.142. The summed E-state index contributed by atoms with van der Waals surface area (Å²) in [6.45, 7) is 9.41. The van der Waals surface area contributed by atoms with Crippen molar-refractivity contribution in [2.75, 3.05) is 44.3 Å². The Morgan fingerprint density at radius 1 is 1.27 bits per heavy atom. The maximum absolute atomic E-state index is 13.4. The van der Waals surface area contributed by atoms with Crippen LogP contribution in [0, 0.1) is 18.8 Å². The summed E-state index contributed by atoms with van der Waals surface area (Å²) in [5.41, 5.74) is 2.05. The van der Waals surface area contributed by atoms with E-state index in [0.29, 0.717) is 6.67 Å². The Kier molecular flexibility index (Phi) is 5.35. The highest BCUT2D eigenvalue weighted by molar-refractivity contribution is 8.04. The number of rotatable bonds is 4. The Bertz CT molecular complexity index is 1120. The molecular formula is C24H29N5O3S. The van der Waals surface area contributed by atoms with Crippen molar-refractivity contribution < 1.29 is 14.1 Å². The average Bonchev–Trinajstić information content (AvgIpc) is 3.41. The largest absolute Gasteiger partial charge is 0.472 e. The quantitative estimate of drug-likeness (QED) is 0.736. The van der Waals surface area contributed by atoms with Crippen LogP contribution in [0.1, 0.15) is 12.5 Å². The van der Waals surface area contributed by atoms with E-state index < -0.39 is 0 Å². The highest BCUT2D eigenvalue weighted by Crippen LogP contribution is 2.49. The minimum Gasteiger partial charge on any atom is -0.472 e. The predicted molar refractivity (Wildman–Crippen MR) is 128 cm³/mol. The van der Waals surface area contributed by atoms with E-state index >= 15 is 0 Å². The molecule has 33 heavy (non-hydrogen) atoms. The van der Waals surface area contributed by atoms with E-state index in [4.69, 9.17) is 9.26 Å². The van der Waals surface area contributed by atoms with Crippen LogP contribution in [0.4, 0.5) is 5.82 Å². The molecule has 6 rings (SSSR count). The van der Waals surface area contributed by atoms with Crippen molar-refractivity contribution in [2.45, 2.75) is 25.3 Å². The van der Waals surface area contributed by atoms with Gasteiger partial charge < -0.3 is 19.1 Å². The number of anilines is 1. The molecule has 1 aromatic heterocycles. The van der Waals surface area contributed by atoms with Crippen molar-refractivity contribution in [3.63, 3.8) is 0 Å². The van der Waals surface area contributed by atoms with Gasteiger partial charge in [-0.15, -0.1) is 11.8 Å². The molecule has 0 spiro atoms. The number of hydrogen-bond donors (Lipinski definition) is 1. The van der Waals surface area contributed by atoms with Gasteiger partial charge in [0.15, 0.2) is 11.4 Å². The van der Waals surface area contributed by atoms with Crippen molar-refractivity contribution in [1.29, 1.82) is 0 Å². The molecule has 0 saturated carbocycles. The summed E-state index contributed by atoms with van der Waals surface area (Å²) in [5, 5.41) is 9.14. The number of hydrogen-bond acceptors (Lipinski definition) is 8. The zero-order chi connectivity index (χ0) is 22.5. The van der Waals surface area contributed by atoms with E-state index in [0.717, 1.165) is 54.4 Å². The fourth-order valence-electron chi connectivity index (χ4n) is 5.39. The Labute approximate surface area is 197 Å². The Morgan fingerprint density at radius 2 is 2.12 bits per heavy atom. The van der Waals surface area contributed by atoms with Crippen molar-refractivity contribution in [3.05, 3.63) is 47.3 Å². The van der Waals surface area contributed by atoms with Crippen LogP contribution in [0.25, 0.3) is 11.0 Å². The number of fused-ring (bicyclic) bond motifs is 4. The lowest BCUT2D eigenvalue weighted by atomic mass is 9.88. The monoisotopic (exact) mass is 467 g/mol. The number of benzene rings is 1. The summed E-state index contributed by atoms with van der Waals surface area (Å²) in [6, 6.07) is 6.34. The summed E-state index contributed by atoms with van der Waals surface area (Å²) in [6.07, 6.45) is 5.51. The van der Waals surface area contributed by atoms with E-state index in [1.165, 1.54) is 5.56 Å². The van der Waals surface area contributed by atoms with Crippen LogP contribution in [0.15, 0.2) is 46.2 Å². The average molecular weight is 468 g/mol. The van der Waals surface area contributed by atoms with Crippen LogP contribution in [0.2, 0.25) is 0 Å². The number of nitrogens with one attached hydrogen (secondary N) is 1. The first kappa shape index (κ1) is 21.1. The molecule has 4 aliphatic rings. The first-order valence-electron chi connectivity index (χ1n) is 11.6. The molecule has 1 amide bonds. The number of carbonyl (C=O) groups is 1. The number of carbonyl (C=O) groups excluding carboxylic acids is 1. The highest BCUT2D eigenvalue weighted by Gasteiger charge is 2.49. The highest BCUT2D eigenvalue weighted by atomic mass is 32.2. The number of aryl methyl sites for hydroxylation is 1. The molecule has 0 radical (unpaired) electrons. The number of aromatic nitrogens is 1. The number of piperazine rings is 1. The minimum atomic E-state index is -0.0571. The summed E-state index contributed by atoms with van der Waals surface area (Å²) >= 11 is 1.73. The van der Waals surface area contributed by atoms with Gasteiger partial charge in [0.25, 0.3) is 0 Å². The van der Waals surface area contributed by atoms with Gasteiger partial charge in [0.2, 0.25) is 5.91 Å². The van der Waals surface area contributed by atoms with Gasteiger partial charge in [0, 0.05) is 49.6 Å². The Balaban J connectivity index is 1.08. The number of nitrogens with zero attached hydrogens (tertiary/aromatic N) is 4. The van der Waals surface area contributed by atoms with Gasteiger partial charge in [-0.2, -0.15) is 0 Å². The third-order valence-corrected chi connectivity index (χ3v) is 8.57. The molecule has 2 aromatic rings. The van der Waals surface area contributed by atoms with Crippen LogP contribution in [-0.2, 0) is 9.53 Å². The van der Waals surface area contributed by atoms with E-state index in [1.807, 2.05) is 17.0 Å². The molecule has 4 atom stereocenters. The number of ether oxygens (including phenoxy) is 1.